The molecule has 13 rings (SSSR count). The van der Waals surface area contributed by atoms with E-state index in [0.717, 1.165) is 57.5 Å². The molecule has 528 valence electrons. The molecular formula is C77H72ClF4N13O7S. The maximum Gasteiger partial charge on any atom is 0.425 e. The number of fused-ring (bicyclic) bond motifs is 3. The molecule has 0 N–H and O–H groups in total. The number of rotatable bonds is 14. The number of nitriles is 3. The summed E-state index contributed by atoms with van der Waals surface area (Å²) in [6, 6.07) is 49.7. The highest BCUT2D eigenvalue weighted by molar-refractivity contribution is 7.14. The number of alkyl halides is 3. The molecule has 0 atom stereocenters. The number of pyridine rings is 3. The molecule has 20 nitrogen and oxygen atoms in total. The van der Waals surface area contributed by atoms with Crippen LogP contribution < -0.4 is 35.3 Å². The van der Waals surface area contributed by atoms with Gasteiger partial charge in [-0.1, -0.05) is 71.8 Å². The van der Waals surface area contributed by atoms with Crippen molar-refractivity contribution in [1.29, 1.82) is 15.8 Å². The van der Waals surface area contributed by atoms with Gasteiger partial charge >= 0.3 is 6.18 Å². The normalized spacial score (nSPS) is 13.9. The largest absolute Gasteiger partial charge is 0.497 e. The van der Waals surface area contributed by atoms with Crippen LogP contribution in [0.2, 0.25) is 5.02 Å². The molecule has 3 fully saturated rings. The van der Waals surface area contributed by atoms with E-state index in [2.05, 4.69) is 26.9 Å². The standard InChI is InChI=1S/C29H25FN4O2.C27H30ClN5O3.C21H17F3N4O2S/c1-20-7-12-26-24(17-20)27(25(18-31)29(36)34(26)19-21-5-3-2-4-6-21)32-13-15-33(16-14-32)28(35)22-8-10-23(30)11-9-22;1-31(2)11-4-16-36-26-23(18-29)25(22-17-20(28)7-10-24(22)30-26)32-12-14-33(15-13-32)27(34)19-5-8-21(35-3)9-6-19;1-26-15-5-3-2-4-13(15)18(14(12-25)19(26)29)27-8-10-28(11-9-27)20(30)16-6-7-17(31-16)21(22,23)24/h2-12,17H,13-16,19H2,1H3;5-10,17H,4,11-16H2,1-3H3;2-7H,8-11H2,1H3. The van der Waals surface area contributed by atoms with E-state index < -0.39 is 22.5 Å². The average Bonchev–Trinajstić information content (AvgIpc) is 1.24. The van der Waals surface area contributed by atoms with Gasteiger partial charge in [0.25, 0.3) is 28.8 Å². The summed E-state index contributed by atoms with van der Waals surface area (Å²) in [5, 5.41) is 32.8. The molecular weight excluding hydrogens is 1360 g/mol. The first-order valence-electron chi connectivity index (χ1n) is 33.2. The molecule has 0 spiro atoms. The first kappa shape index (κ1) is 72.9. The van der Waals surface area contributed by atoms with Gasteiger partial charge in [-0.05, 0) is 130 Å². The van der Waals surface area contributed by atoms with Crippen molar-refractivity contribution in [3.8, 4) is 29.8 Å². The van der Waals surface area contributed by atoms with Gasteiger partial charge in [0.2, 0.25) is 5.88 Å². The third kappa shape index (κ3) is 16.2. The minimum Gasteiger partial charge on any atom is -0.497 e. The number of aromatic nitrogens is 3. The van der Waals surface area contributed by atoms with E-state index in [0.29, 0.717) is 146 Å². The number of carbonyl (C=O) groups excluding carboxylic acids is 3. The second-order valence-electron chi connectivity index (χ2n) is 25.1. The van der Waals surface area contributed by atoms with Gasteiger partial charge in [-0.3, -0.25) is 24.0 Å². The summed E-state index contributed by atoms with van der Waals surface area (Å²) in [4.78, 5) is 81.9. The number of hydrogen-bond donors (Lipinski definition) is 0. The molecule has 4 aromatic heterocycles. The Balaban J connectivity index is 0.000000155. The predicted octanol–water partition coefficient (Wildman–Crippen LogP) is 11.8. The van der Waals surface area contributed by atoms with Crippen molar-refractivity contribution in [2.24, 2.45) is 7.05 Å². The predicted molar refractivity (Wildman–Crippen MR) is 390 cm³/mol. The number of nitrogens with zero attached hydrogens (tertiary/aromatic N) is 13. The molecule has 0 saturated carbocycles. The van der Waals surface area contributed by atoms with Crippen LogP contribution in [-0.4, -0.2) is 164 Å². The second-order valence-corrected chi connectivity index (χ2v) is 26.6. The number of piperazine rings is 3. The smallest absolute Gasteiger partial charge is 0.425 e. The van der Waals surface area contributed by atoms with Crippen LogP contribution in [0.25, 0.3) is 32.7 Å². The third-order valence-corrected chi connectivity index (χ3v) is 19.6. The zero-order chi connectivity index (χ0) is 73.2. The number of hydrogen-bond acceptors (Lipinski definition) is 16. The quantitative estimate of drug-likeness (QED) is 0.0730. The number of halogens is 5. The summed E-state index contributed by atoms with van der Waals surface area (Å²) in [6.45, 7) is 8.97. The molecule has 26 heteroatoms. The van der Waals surface area contributed by atoms with Crippen LogP contribution in [0.5, 0.6) is 11.6 Å². The molecule has 0 radical (unpaired) electrons. The lowest BCUT2D eigenvalue weighted by Crippen LogP contribution is -2.49. The number of benzene rings is 6. The molecule has 3 amide bonds. The molecule has 6 aromatic carbocycles. The van der Waals surface area contributed by atoms with Crippen molar-refractivity contribution in [3.63, 3.8) is 0 Å². The number of thiophene rings is 1. The number of aryl methyl sites for hydroxylation is 2. The lowest BCUT2D eigenvalue weighted by molar-refractivity contribution is -0.134. The van der Waals surface area contributed by atoms with Crippen molar-refractivity contribution in [1.82, 2.24) is 33.7 Å². The summed E-state index contributed by atoms with van der Waals surface area (Å²) in [5.74, 6) is 0.0275. The highest BCUT2D eigenvalue weighted by Crippen LogP contribution is 2.39. The van der Waals surface area contributed by atoms with E-state index >= 15 is 0 Å². The van der Waals surface area contributed by atoms with Crippen LogP contribution in [-0.2, 0) is 19.8 Å². The van der Waals surface area contributed by atoms with E-state index in [1.807, 2.05) is 121 Å². The Morgan fingerprint density at radius 1 is 0.602 bits per heavy atom. The average molecular weight is 1440 g/mol. The van der Waals surface area contributed by atoms with E-state index in [4.69, 9.17) is 21.1 Å². The zero-order valence-electron chi connectivity index (χ0n) is 57.2. The molecule has 0 bridgehead atoms. The van der Waals surface area contributed by atoms with Crippen LogP contribution in [0.4, 0.5) is 34.6 Å². The van der Waals surface area contributed by atoms with Gasteiger partial charge < -0.3 is 52.9 Å². The fraction of sp³-hybridized carbons (Fsp3) is 0.286. The third-order valence-electron chi connectivity index (χ3n) is 18.2. The van der Waals surface area contributed by atoms with Gasteiger partial charge in [0.15, 0.2) is 0 Å². The van der Waals surface area contributed by atoms with Crippen LogP contribution in [0, 0.1) is 46.7 Å². The second kappa shape index (κ2) is 32.1. The number of methoxy groups -OCH3 is 1. The van der Waals surface area contributed by atoms with Gasteiger partial charge in [0.05, 0.1) is 58.8 Å². The van der Waals surface area contributed by atoms with Crippen molar-refractivity contribution < 1.29 is 41.4 Å². The zero-order valence-corrected chi connectivity index (χ0v) is 58.8. The van der Waals surface area contributed by atoms with Crippen LogP contribution >= 0.6 is 22.9 Å². The number of ether oxygens (including phenoxy) is 2. The summed E-state index contributed by atoms with van der Waals surface area (Å²) in [6.07, 6.45) is -3.66. The molecule has 7 heterocycles. The summed E-state index contributed by atoms with van der Waals surface area (Å²) in [7, 11) is 7.23. The lowest BCUT2D eigenvalue weighted by atomic mass is 10.0. The van der Waals surface area contributed by atoms with Gasteiger partial charge in [-0.25, -0.2) is 9.37 Å². The molecule has 0 aliphatic carbocycles. The van der Waals surface area contributed by atoms with Crippen molar-refractivity contribution in [2.45, 2.75) is 26.1 Å². The first-order valence-corrected chi connectivity index (χ1v) is 34.4. The van der Waals surface area contributed by atoms with Crippen LogP contribution in [0.15, 0.2) is 161 Å². The van der Waals surface area contributed by atoms with Crippen molar-refractivity contribution >= 4 is 90.4 Å². The Morgan fingerprint density at radius 2 is 1.14 bits per heavy atom. The first-order chi connectivity index (χ1) is 49.6. The lowest BCUT2D eigenvalue weighted by Gasteiger charge is -2.37. The van der Waals surface area contributed by atoms with E-state index in [1.54, 1.807) is 60.0 Å². The molecule has 103 heavy (non-hydrogen) atoms. The Labute approximate surface area is 600 Å². The fourth-order valence-corrected chi connectivity index (χ4v) is 14.0. The molecule has 3 aliphatic rings. The number of para-hydroxylation sites is 1. The highest BCUT2D eigenvalue weighted by atomic mass is 35.5. The van der Waals surface area contributed by atoms with Crippen molar-refractivity contribution in [2.75, 3.05) is 128 Å². The van der Waals surface area contributed by atoms with E-state index in [-0.39, 0.29) is 52.3 Å². The minimum absolute atomic E-state index is 0.0228. The maximum absolute atomic E-state index is 13.6. The number of anilines is 3. The molecule has 3 saturated heterocycles. The van der Waals surface area contributed by atoms with Crippen LogP contribution in [0.3, 0.4) is 0 Å². The van der Waals surface area contributed by atoms with Gasteiger partial charge in [-0.2, -0.15) is 29.0 Å². The Kier molecular flexibility index (Phi) is 22.8. The Bertz CT molecular complexity index is 5070. The molecule has 10 aromatic rings. The van der Waals surface area contributed by atoms with E-state index in [1.165, 1.54) is 39.8 Å². The van der Waals surface area contributed by atoms with Crippen LogP contribution in [0.1, 0.15) is 69.5 Å². The fourth-order valence-electron chi connectivity index (χ4n) is 12.9. The van der Waals surface area contributed by atoms with Gasteiger partial charge in [0.1, 0.15) is 51.3 Å². The summed E-state index contributed by atoms with van der Waals surface area (Å²) in [5.41, 5.74) is 6.98. The topological polar surface area (TPSA) is 221 Å². The van der Waals surface area contributed by atoms with Crippen molar-refractivity contribution in [3.05, 3.63) is 232 Å². The molecule has 0 unspecified atom stereocenters. The maximum atomic E-state index is 13.6. The number of carbonyl (C=O) groups is 3. The molecule has 3 aliphatic heterocycles. The Hall–Kier alpha value is -11.3. The monoisotopic (exact) mass is 1430 g/mol. The summed E-state index contributed by atoms with van der Waals surface area (Å²) >= 11 is 6.76. The Morgan fingerprint density at radius 3 is 1.69 bits per heavy atom. The SMILES string of the molecule is COc1ccc(C(=O)N2CCN(c3c(C#N)c(OCCCN(C)C)nc4ccc(Cl)cc34)CC2)cc1.Cc1ccc2c(c1)c(N1CCN(C(=O)c3ccc(F)cc3)CC1)c(C#N)c(=O)n2Cc1ccccc1.Cn1c(=O)c(C#N)c(N2CCN(C(=O)c3ccc(C(F)(F)F)s3)CC2)c2ccccc21. The van der Waals surface area contributed by atoms with Gasteiger partial charge in [-0.15, -0.1) is 11.3 Å². The summed E-state index contributed by atoms with van der Waals surface area (Å²) < 4.78 is 66.0. The minimum atomic E-state index is -4.48. The highest BCUT2D eigenvalue weighted by Gasteiger charge is 2.35. The van der Waals surface area contributed by atoms with E-state index in [9.17, 15) is 57.3 Å². The number of amides is 3. The van der Waals surface area contributed by atoms with Gasteiger partial charge in [0, 0.05) is 124 Å².